The van der Waals surface area contributed by atoms with Gasteiger partial charge in [0.2, 0.25) is 0 Å². The molecule has 0 bridgehead atoms. The van der Waals surface area contributed by atoms with Crippen LogP contribution in [0.1, 0.15) is 64.7 Å². The summed E-state index contributed by atoms with van der Waals surface area (Å²) < 4.78 is 6.00. The fraction of sp³-hybridized carbons (Fsp3) is 1.00. The minimum atomic E-state index is 0.477. The number of hydrogen-bond donors (Lipinski definition) is 1. The molecule has 96 valence electrons. The van der Waals surface area contributed by atoms with Crippen LogP contribution in [-0.4, -0.2) is 25.8 Å². The molecule has 0 aromatic carbocycles. The Balaban J connectivity index is 2.02. The lowest BCUT2D eigenvalue weighted by Crippen LogP contribution is -2.41. The van der Waals surface area contributed by atoms with E-state index >= 15 is 0 Å². The van der Waals surface area contributed by atoms with E-state index in [9.17, 15) is 0 Å². The van der Waals surface area contributed by atoms with Crippen molar-refractivity contribution in [3.8, 4) is 0 Å². The molecule has 2 unspecified atom stereocenters. The third-order valence-corrected chi connectivity index (χ3v) is 3.65. The summed E-state index contributed by atoms with van der Waals surface area (Å²) >= 11 is 0. The highest BCUT2D eigenvalue weighted by molar-refractivity contribution is 4.80. The van der Waals surface area contributed by atoms with Gasteiger partial charge in [-0.1, -0.05) is 45.4 Å². The van der Waals surface area contributed by atoms with E-state index in [0.717, 1.165) is 6.61 Å². The van der Waals surface area contributed by atoms with Gasteiger partial charge in [0.1, 0.15) is 0 Å². The summed E-state index contributed by atoms with van der Waals surface area (Å²) in [6, 6.07) is 0.601. The molecule has 1 saturated carbocycles. The average molecular weight is 227 g/mol. The van der Waals surface area contributed by atoms with Crippen LogP contribution < -0.4 is 5.32 Å². The zero-order valence-corrected chi connectivity index (χ0v) is 11.1. The maximum atomic E-state index is 6.00. The van der Waals surface area contributed by atoms with Gasteiger partial charge < -0.3 is 10.1 Å². The van der Waals surface area contributed by atoms with Gasteiger partial charge in [0, 0.05) is 12.6 Å². The number of nitrogens with one attached hydrogen (secondary N) is 1. The molecule has 1 N–H and O–H groups in total. The number of hydrogen-bond acceptors (Lipinski definition) is 2. The van der Waals surface area contributed by atoms with E-state index in [1.54, 1.807) is 0 Å². The molecule has 1 fully saturated rings. The lowest BCUT2D eigenvalue weighted by Gasteiger charge is -2.31. The van der Waals surface area contributed by atoms with Crippen LogP contribution in [0, 0.1) is 0 Å². The molecule has 1 rings (SSSR count). The van der Waals surface area contributed by atoms with E-state index in [4.69, 9.17) is 4.74 Å². The lowest BCUT2D eigenvalue weighted by atomic mass is 9.92. The topological polar surface area (TPSA) is 21.3 Å². The summed E-state index contributed by atoms with van der Waals surface area (Å²) in [4.78, 5) is 0. The highest BCUT2D eigenvalue weighted by Crippen LogP contribution is 2.21. The van der Waals surface area contributed by atoms with Crippen LogP contribution in [0.2, 0.25) is 0 Å². The van der Waals surface area contributed by atoms with Crippen LogP contribution in [0.3, 0.4) is 0 Å². The number of rotatable bonds is 8. The molecule has 0 saturated heterocycles. The van der Waals surface area contributed by atoms with Gasteiger partial charge in [-0.15, -0.1) is 0 Å². The monoisotopic (exact) mass is 227 g/mol. The Morgan fingerprint density at radius 3 is 2.56 bits per heavy atom. The lowest BCUT2D eigenvalue weighted by molar-refractivity contribution is 0.00532. The van der Waals surface area contributed by atoms with E-state index < -0.39 is 0 Å². The third kappa shape index (κ3) is 5.31. The van der Waals surface area contributed by atoms with Crippen LogP contribution >= 0.6 is 0 Å². The number of ether oxygens (including phenoxy) is 1. The highest BCUT2D eigenvalue weighted by atomic mass is 16.5. The quantitative estimate of drug-likeness (QED) is 0.641. The van der Waals surface area contributed by atoms with Crippen molar-refractivity contribution in [1.82, 2.24) is 5.32 Å². The van der Waals surface area contributed by atoms with Crippen LogP contribution in [0.25, 0.3) is 0 Å². The van der Waals surface area contributed by atoms with Gasteiger partial charge in [-0.05, 0) is 26.3 Å². The van der Waals surface area contributed by atoms with Crippen molar-refractivity contribution in [2.24, 2.45) is 0 Å². The van der Waals surface area contributed by atoms with Gasteiger partial charge in [-0.25, -0.2) is 0 Å². The SMILES string of the molecule is CCCCCCCOC1CCCCC1NC. The molecular weight excluding hydrogens is 198 g/mol. The first-order valence-corrected chi connectivity index (χ1v) is 7.17. The Labute approximate surface area is 101 Å². The van der Waals surface area contributed by atoms with Crippen molar-refractivity contribution >= 4 is 0 Å². The molecule has 2 atom stereocenters. The van der Waals surface area contributed by atoms with E-state index in [0.29, 0.717) is 12.1 Å². The van der Waals surface area contributed by atoms with Crippen LogP contribution in [-0.2, 0) is 4.74 Å². The molecule has 2 heteroatoms. The molecule has 2 nitrogen and oxygen atoms in total. The predicted octanol–water partition coefficient (Wildman–Crippen LogP) is 3.50. The van der Waals surface area contributed by atoms with Gasteiger partial charge >= 0.3 is 0 Å². The number of unbranched alkanes of at least 4 members (excludes halogenated alkanes) is 4. The molecule has 0 heterocycles. The second-order valence-corrected chi connectivity index (χ2v) is 5.00. The molecule has 0 aliphatic heterocycles. The molecular formula is C14H29NO. The maximum Gasteiger partial charge on any atom is 0.0727 e. The Bertz CT molecular complexity index is 161. The van der Waals surface area contributed by atoms with E-state index in [1.807, 2.05) is 0 Å². The third-order valence-electron chi connectivity index (χ3n) is 3.65. The summed E-state index contributed by atoms with van der Waals surface area (Å²) in [5, 5.41) is 3.39. The first kappa shape index (κ1) is 14.0. The molecule has 0 amide bonds. The Morgan fingerprint density at radius 1 is 1.06 bits per heavy atom. The van der Waals surface area contributed by atoms with Crippen molar-refractivity contribution in [2.45, 2.75) is 76.9 Å². The summed E-state index contributed by atoms with van der Waals surface area (Å²) in [5.74, 6) is 0. The zero-order chi connectivity index (χ0) is 11.6. The van der Waals surface area contributed by atoms with Gasteiger partial charge in [0.05, 0.1) is 6.10 Å². The molecule has 16 heavy (non-hydrogen) atoms. The minimum absolute atomic E-state index is 0.477. The van der Waals surface area contributed by atoms with E-state index in [2.05, 4.69) is 19.3 Å². The van der Waals surface area contributed by atoms with Crippen molar-refractivity contribution in [1.29, 1.82) is 0 Å². The number of likely N-dealkylation sites (N-methyl/N-ethyl adjacent to an activating group) is 1. The Hall–Kier alpha value is -0.0800. The Morgan fingerprint density at radius 2 is 1.81 bits per heavy atom. The van der Waals surface area contributed by atoms with Gasteiger partial charge in [0.25, 0.3) is 0 Å². The first-order chi connectivity index (χ1) is 7.88. The minimum Gasteiger partial charge on any atom is -0.377 e. The van der Waals surface area contributed by atoms with Gasteiger partial charge in [0.15, 0.2) is 0 Å². The van der Waals surface area contributed by atoms with Crippen molar-refractivity contribution in [3.05, 3.63) is 0 Å². The van der Waals surface area contributed by atoms with Crippen LogP contribution in [0.5, 0.6) is 0 Å². The normalized spacial score (nSPS) is 25.9. The van der Waals surface area contributed by atoms with E-state index in [-0.39, 0.29) is 0 Å². The van der Waals surface area contributed by atoms with E-state index in [1.165, 1.54) is 57.8 Å². The molecule has 0 aromatic heterocycles. The maximum absolute atomic E-state index is 6.00. The molecule has 1 aliphatic rings. The summed E-state index contributed by atoms with van der Waals surface area (Å²) in [5.41, 5.74) is 0. The average Bonchev–Trinajstić information content (AvgIpc) is 2.34. The van der Waals surface area contributed by atoms with Crippen LogP contribution in [0.4, 0.5) is 0 Å². The van der Waals surface area contributed by atoms with Crippen LogP contribution in [0.15, 0.2) is 0 Å². The largest absolute Gasteiger partial charge is 0.377 e. The van der Waals surface area contributed by atoms with Crippen molar-refractivity contribution in [2.75, 3.05) is 13.7 Å². The van der Waals surface area contributed by atoms with Crippen molar-refractivity contribution < 1.29 is 4.74 Å². The Kier molecular flexibility index (Phi) is 7.87. The molecule has 1 aliphatic carbocycles. The van der Waals surface area contributed by atoms with Crippen molar-refractivity contribution in [3.63, 3.8) is 0 Å². The first-order valence-electron chi connectivity index (χ1n) is 7.17. The summed E-state index contributed by atoms with van der Waals surface area (Å²) in [6.45, 7) is 3.22. The fourth-order valence-electron chi connectivity index (χ4n) is 2.57. The summed E-state index contributed by atoms with van der Waals surface area (Å²) in [7, 11) is 2.06. The predicted molar refractivity (Wildman–Crippen MR) is 69.8 cm³/mol. The fourth-order valence-corrected chi connectivity index (χ4v) is 2.57. The molecule has 0 radical (unpaired) electrons. The summed E-state index contributed by atoms with van der Waals surface area (Å²) in [6.07, 6.45) is 12.4. The highest BCUT2D eigenvalue weighted by Gasteiger charge is 2.23. The second kappa shape index (κ2) is 9.00. The molecule has 0 spiro atoms. The smallest absolute Gasteiger partial charge is 0.0727 e. The second-order valence-electron chi connectivity index (χ2n) is 5.00. The van der Waals surface area contributed by atoms with Gasteiger partial charge in [-0.2, -0.15) is 0 Å². The zero-order valence-electron chi connectivity index (χ0n) is 11.1. The molecule has 0 aromatic rings. The van der Waals surface area contributed by atoms with Gasteiger partial charge in [-0.3, -0.25) is 0 Å². The standard InChI is InChI=1S/C14H29NO/c1-3-4-5-6-9-12-16-14-11-8-7-10-13(14)15-2/h13-15H,3-12H2,1-2H3.